The van der Waals surface area contributed by atoms with Crippen molar-refractivity contribution in [2.45, 2.75) is 13.8 Å². The van der Waals surface area contributed by atoms with Gasteiger partial charge in [-0.15, -0.1) is 11.3 Å². The molecule has 0 saturated carbocycles. The Balaban J connectivity index is 2.14. The molecule has 8 heteroatoms. The highest BCUT2D eigenvalue weighted by Gasteiger charge is 2.19. The van der Waals surface area contributed by atoms with E-state index in [9.17, 15) is 19.7 Å². The number of amides is 2. The number of thiophene rings is 1. The van der Waals surface area contributed by atoms with Gasteiger partial charge >= 0.3 is 0 Å². The van der Waals surface area contributed by atoms with Crippen molar-refractivity contribution in [3.63, 3.8) is 0 Å². The number of non-ortho nitro benzene ring substituents is 1. The number of nitro groups is 1. The number of hydrogen-bond donors (Lipinski definition) is 2. The average molecular weight is 359 g/mol. The number of nitro benzene ring substituents is 1. The van der Waals surface area contributed by atoms with Crippen LogP contribution in [0.3, 0.4) is 0 Å². The van der Waals surface area contributed by atoms with Crippen LogP contribution in [-0.4, -0.2) is 23.8 Å². The quantitative estimate of drug-likeness (QED) is 0.486. The third kappa shape index (κ3) is 4.30. The summed E-state index contributed by atoms with van der Waals surface area (Å²) in [6, 6.07) is 5.84. The Morgan fingerprint density at radius 2 is 1.84 bits per heavy atom. The van der Waals surface area contributed by atoms with Gasteiger partial charge in [0.05, 0.1) is 10.5 Å². The fraction of sp³-hybridized carbons (Fsp3) is 0.176. The van der Waals surface area contributed by atoms with E-state index in [0.29, 0.717) is 16.1 Å². The molecule has 2 amide bonds. The zero-order valence-corrected chi connectivity index (χ0v) is 14.8. The van der Waals surface area contributed by atoms with Crippen LogP contribution in [0.2, 0.25) is 0 Å². The number of nitrogens with one attached hydrogen (secondary N) is 2. The van der Waals surface area contributed by atoms with Gasteiger partial charge in [-0.3, -0.25) is 19.7 Å². The molecule has 2 N–H and O–H groups in total. The molecule has 7 nitrogen and oxygen atoms in total. The third-order valence-corrected chi connectivity index (χ3v) is 4.73. The predicted molar refractivity (Wildman–Crippen MR) is 97.9 cm³/mol. The number of aryl methyl sites for hydroxylation is 1. The van der Waals surface area contributed by atoms with Crippen LogP contribution in [0.15, 0.2) is 30.3 Å². The van der Waals surface area contributed by atoms with Gasteiger partial charge in [-0.1, -0.05) is 0 Å². The fourth-order valence-electron chi connectivity index (χ4n) is 2.15. The Morgan fingerprint density at radius 3 is 2.40 bits per heavy atom. The van der Waals surface area contributed by atoms with Crippen LogP contribution in [0.1, 0.15) is 26.4 Å². The van der Waals surface area contributed by atoms with Crippen molar-refractivity contribution in [1.29, 1.82) is 0 Å². The summed E-state index contributed by atoms with van der Waals surface area (Å²) >= 11 is 1.34. The van der Waals surface area contributed by atoms with E-state index < -0.39 is 4.92 Å². The molecule has 1 aromatic heterocycles. The van der Waals surface area contributed by atoms with E-state index >= 15 is 0 Å². The van der Waals surface area contributed by atoms with Gasteiger partial charge < -0.3 is 10.6 Å². The number of carbonyl (C=O) groups excluding carboxylic acids is 2. The van der Waals surface area contributed by atoms with Crippen LogP contribution in [-0.2, 0) is 4.79 Å². The molecule has 1 aromatic carbocycles. The standard InChI is InChI=1S/C17H17N3O4S/c1-10-11(2)25-17(15(10)16(22)18-3)19-14(21)9-6-12-4-7-13(8-5-12)20(23)24/h4-9H,1-3H3,(H,18,22)(H,19,21)/b9-6+. The van der Waals surface area contributed by atoms with Crippen LogP contribution in [0.5, 0.6) is 0 Å². The largest absolute Gasteiger partial charge is 0.355 e. The van der Waals surface area contributed by atoms with Crippen LogP contribution in [0, 0.1) is 24.0 Å². The molecule has 0 radical (unpaired) electrons. The minimum Gasteiger partial charge on any atom is -0.355 e. The monoisotopic (exact) mass is 359 g/mol. The average Bonchev–Trinajstić information content (AvgIpc) is 2.86. The highest BCUT2D eigenvalue weighted by atomic mass is 32.1. The van der Waals surface area contributed by atoms with E-state index in [1.165, 1.54) is 36.6 Å². The molecule has 0 unspecified atom stereocenters. The summed E-state index contributed by atoms with van der Waals surface area (Å²) in [6.45, 7) is 3.72. The molecule has 0 aliphatic heterocycles. The molecular formula is C17H17N3O4S. The molecule has 0 saturated heterocycles. The summed E-state index contributed by atoms with van der Waals surface area (Å²) in [5.74, 6) is -0.638. The molecule has 0 bridgehead atoms. The molecule has 0 aliphatic rings. The molecule has 0 atom stereocenters. The fourth-order valence-corrected chi connectivity index (χ4v) is 3.21. The number of nitrogens with zero attached hydrogens (tertiary/aromatic N) is 1. The normalized spacial score (nSPS) is 10.7. The van der Waals surface area contributed by atoms with Crippen molar-refractivity contribution < 1.29 is 14.5 Å². The molecule has 2 rings (SSSR count). The van der Waals surface area contributed by atoms with E-state index in [1.54, 1.807) is 18.2 Å². The molecule has 2 aromatic rings. The van der Waals surface area contributed by atoms with Crippen LogP contribution >= 0.6 is 11.3 Å². The van der Waals surface area contributed by atoms with Gasteiger partial charge in [0.15, 0.2) is 0 Å². The Kier molecular flexibility index (Phi) is 5.66. The maximum absolute atomic E-state index is 12.1. The molecule has 0 fully saturated rings. The zero-order chi connectivity index (χ0) is 18.6. The van der Waals surface area contributed by atoms with E-state index in [2.05, 4.69) is 10.6 Å². The Hall–Kier alpha value is -3.00. The van der Waals surface area contributed by atoms with Gasteiger partial charge in [-0.2, -0.15) is 0 Å². The summed E-state index contributed by atoms with van der Waals surface area (Å²) in [5.41, 5.74) is 1.94. The van der Waals surface area contributed by atoms with E-state index in [-0.39, 0.29) is 17.5 Å². The maximum atomic E-state index is 12.1. The Morgan fingerprint density at radius 1 is 1.20 bits per heavy atom. The second kappa shape index (κ2) is 7.71. The molecule has 130 valence electrons. The number of rotatable bonds is 5. The topological polar surface area (TPSA) is 101 Å². The molecular weight excluding hydrogens is 342 g/mol. The molecule has 0 spiro atoms. The summed E-state index contributed by atoms with van der Waals surface area (Å²) in [5, 5.41) is 16.4. The lowest BCUT2D eigenvalue weighted by Crippen LogP contribution is -2.20. The first kappa shape index (κ1) is 18.3. The van der Waals surface area contributed by atoms with Crippen molar-refractivity contribution in [3.8, 4) is 0 Å². The van der Waals surface area contributed by atoms with Crippen molar-refractivity contribution in [3.05, 3.63) is 62.0 Å². The third-order valence-electron chi connectivity index (χ3n) is 3.61. The number of carbonyl (C=O) groups is 2. The highest BCUT2D eigenvalue weighted by molar-refractivity contribution is 7.16. The first-order valence-corrected chi connectivity index (χ1v) is 8.20. The van der Waals surface area contributed by atoms with E-state index in [0.717, 1.165) is 10.4 Å². The summed E-state index contributed by atoms with van der Waals surface area (Å²) < 4.78 is 0. The van der Waals surface area contributed by atoms with Crippen molar-refractivity contribution in [2.75, 3.05) is 12.4 Å². The first-order chi connectivity index (χ1) is 11.8. The predicted octanol–water partition coefficient (Wildman–Crippen LogP) is 3.28. The maximum Gasteiger partial charge on any atom is 0.269 e. The smallest absolute Gasteiger partial charge is 0.269 e. The lowest BCUT2D eigenvalue weighted by Gasteiger charge is -2.04. The molecule has 1 heterocycles. The van der Waals surface area contributed by atoms with Gasteiger partial charge in [-0.25, -0.2) is 0 Å². The summed E-state index contributed by atoms with van der Waals surface area (Å²) in [7, 11) is 1.54. The minimum absolute atomic E-state index is 0.0126. The second-order valence-electron chi connectivity index (χ2n) is 5.24. The van der Waals surface area contributed by atoms with E-state index in [1.807, 2.05) is 13.8 Å². The van der Waals surface area contributed by atoms with Crippen LogP contribution < -0.4 is 10.6 Å². The van der Waals surface area contributed by atoms with E-state index in [4.69, 9.17) is 0 Å². The van der Waals surface area contributed by atoms with Crippen molar-refractivity contribution in [2.24, 2.45) is 0 Å². The second-order valence-corrected chi connectivity index (χ2v) is 6.46. The zero-order valence-electron chi connectivity index (χ0n) is 14.0. The number of hydrogen-bond acceptors (Lipinski definition) is 5. The number of benzene rings is 1. The SMILES string of the molecule is CNC(=O)c1c(NC(=O)/C=C/c2ccc([N+](=O)[O-])cc2)sc(C)c1C. The highest BCUT2D eigenvalue weighted by Crippen LogP contribution is 2.32. The summed E-state index contributed by atoms with van der Waals surface area (Å²) in [6.07, 6.45) is 2.87. The first-order valence-electron chi connectivity index (χ1n) is 7.39. The number of anilines is 1. The Bertz CT molecular complexity index is 854. The Labute approximate surface area is 148 Å². The van der Waals surface area contributed by atoms with Gasteiger partial charge in [0.1, 0.15) is 5.00 Å². The molecule has 25 heavy (non-hydrogen) atoms. The van der Waals surface area contributed by atoms with Crippen molar-refractivity contribution in [1.82, 2.24) is 5.32 Å². The van der Waals surface area contributed by atoms with Gasteiger partial charge in [0, 0.05) is 30.1 Å². The van der Waals surface area contributed by atoms with Crippen molar-refractivity contribution >= 4 is 39.9 Å². The summed E-state index contributed by atoms with van der Waals surface area (Å²) in [4.78, 5) is 35.2. The lowest BCUT2D eigenvalue weighted by atomic mass is 10.1. The van der Waals surface area contributed by atoms with Gasteiger partial charge in [0.25, 0.3) is 11.6 Å². The minimum atomic E-state index is -0.484. The molecule has 0 aliphatic carbocycles. The van der Waals surface area contributed by atoms with Gasteiger partial charge in [0.2, 0.25) is 5.91 Å². The van der Waals surface area contributed by atoms with Crippen LogP contribution in [0.4, 0.5) is 10.7 Å². The van der Waals surface area contributed by atoms with Gasteiger partial charge in [-0.05, 0) is 43.2 Å². The lowest BCUT2D eigenvalue weighted by molar-refractivity contribution is -0.384. The van der Waals surface area contributed by atoms with Crippen LogP contribution in [0.25, 0.3) is 6.08 Å².